The van der Waals surface area contributed by atoms with Crippen molar-refractivity contribution in [3.63, 3.8) is 0 Å². The summed E-state index contributed by atoms with van der Waals surface area (Å²) in [6.45, 7) is 1.89. The van der Waals surface area contributed by atoms with Crippen LogP contribution < -0.4 is 5.73 Å². The lowest BCUT2D eigenvalue weighted by Crippen LogP contribution is -2.15. The minimum Gasteiger partial charge on any atom is -0.329 e. The summed E-state index contributed by atoms with van der Waals surface area (Å²) in [6, 6.07) is 4.41. The van der Waals surface area contributed by atoms with Crippen molar-refractivity contribution in [2.45, 2.75) is 19.1 Å². The number of benzene rings is 1. The van der Waals surface area contributed by atoms with Crippen LogP contribution >= 0.6 is 15.9 Å². The van der Waals surface area contributed by atoms with Crippen LogP contribution in [0, 0.1) is 6.92 Å². The molecular weight excluding hydrogens is 327 g/mol. The average Bonchev–Trinajstić information content (AvgIpc) is 2.76. The number of halogens is 4. The molecule has 0 saturated heterocycles. The molecule has 1 heterocycles. The van der Waals surface area contributed by atoms with Gasteiger partial charge < -0.3 is 10.3 Å². The molecule has 0 fully saturated rings. The van der Waals surface area contributed by atoms with Crippen LogP contribution in [0.1, 0.15) is 28.9 Å². The van der Waals surface area contributed by atoms with Gasteiger partial charge in [0.1, 0.15) is 0 Å². The van der Waals surface area contributed by atoms with Crippen molar-refractivity contribution in [3.05, 3.63) is 45.5 Å². The summed E-state index contributed by atoms with van der Waals surface area (Å²) in [7, 11) is 0. The number of hydrogen-bond donors (Lipinski definition) is 1. The first-order valence-corrected chi connectivity index (χ1v) is 6.01. The van der Waals surface area contributed by atoms with Crippen molar-refractivity contribution in [3.8, 4) is 0 Å². The maximum atomic E-state index is 12.4. The molecule has 1 aromatic carbocycles. The van der Waals surface area contributed by atoms with E-state index in [1.54, 1.807) is 18.2 Å². The van der Waals surface area contributed by atoms with E-state index in [4.69, 9.17) is 5.73 Å². The van der Waals surface area contributed by atoms with Crippen LogP contribution in [-0.2, 0) is 6.18 Å². The Bertz CT molecular complexity index is 597. The van der Waals surface area contributed by atoms with Crippen LogP contribution in [0.5, 0.6) is 0 Å². The van der Waals surface area contributed by atoms with Gasteiger partial charge in [0, 0.05) is 4.47 Å². The second-order valence-corrected chi connectivity index (χ2v) is 4.81. The third kappa shape index (κ3) is 2.95. The zero-order valence-electron chi connectivity index (χ0n) is 9.70. The number of alkyl halides is 3. The standard InChI is InChI=1S/C11H9BrF3N3O/c1-5-2-3-6(7(12)4-5)8(16)9-17-10(19-18-9)11(13,14)15/h2-4,8H,16H2,1H3. The van der Waals surface area contributed by atoms with E-state index < -0.39 is 18.1 Å². The topological polar surface area (TPSA) is 64.9 Å². The molecule has 0 aliphatic rings. The molecule has 0 amide bonds. The molecule has 102 valence electrons. The van der Waals surface area contributed by atoms with E-state index in [0.717, 1.165) is 5.56 Å². The number of hydrogen-bond acceptors (Lipinski definition) is 4. The molecule has 2 aromatic rings. The summed E-state index contributed by atoms with van der Waals surface area (Å²) in [4.78, 5) is 3.27. The minimum atomic E-state index is -4.67. The van der Waals surface area contributed by atoms with Gasteiger partial charge in [0.25, 0.3) is 0 Å². The van der Waals surface area contributed by atoms with Gasteiger partial charge in [0.15, 0.2) is 5.82 Å². The predicted octanol–water partition coefficient (Wildman–Crippen LogP) is 3.21. The van der Waals surface area contributed by atoms with Gasteiger partial charge in [-0.25, -0.2) is 0 Å². The molecule has 0 saturated carbocycles. The smallest absolute Gasteiger partial charge is 0.329 e. The van der Waals surface area contributed by atoms with E-state index in [2.05, 4.69) is 30.6 Å². The first-order valence-electron chi connectivity index (χ1n) is 5.21. The number of nitrogens with zero attached hydrogens (tertiary/aromatic N) is 2. The van der Waals surface area contributed by atoms with Crippen molar-refractivity contribution in [1.29, 1.82) is 0 Å². The number of aryl methyl sites for hydroxylation is 1. The van der Waals surface area contributed by atoms with Gasteiger partial charge in [-0.15, -0.1) is 0 Å². The first-order chi connectivity index (χ1) is 8.79. The Kier molecular flexibility index (Phi) is 3.64. The second kappa shape index (κ2) is 4.93. The molecule has 0 aliphatic heterocycles. The molecular formula is C11H9BrF3N3O. The van der Waals surface area contributed by atoms with Crippen LogP contribution in [-0.4, -0.2) is 10.1 Å². The van der Waals surface area contributed by atoms with Gasteiger partial charge >= 0.3 is 12.1 Å². The normalized spacial score (nSPS) is 13.6. The molecule has 1 aromatic heterocycles. The Labute approximate surface area is 114 Å². The monoisotopic (exact) mass is 335 g/mol. The maximum Gasteiger partial charge on any atom is 0.471 e. The van der Waals surface area contributed by atoms with E-state index in [0.29, 0.717) is 10.0 Å². The van der Waals surface area contributed by atoms with Gasteiger partial charge in [-0.3, -0.25) is 0 Å². The predicted molar refractivity (Wildman–Crippen MR) is 64.2 cm³/mol. The fourth-order valence-corrected chi connectivity index (χ4v) is 2.24. The highest BCUT2D eigenvalue weighted by molar-refractivity contribution is 9.10. The van der Waals surface area contributed by atoms with E-state index in [1.165, 1.54) is 0 Å². The Morgan fingerprint density at radius 3 is 2.58 bits per heavy atom. The molecule has 0 aliphatic carbocycles. The molecule has 2 rings (SSSR count). The number of nitrogens with two attached hydrogens (primary N) is 1. The second-order valence-electron chi connectivity index (χ2n) is 3.96. The summed E-state index contributed by atoms with van der Waals surface area (Å²) in [5.74, 6) is -1.61. The summed E-state index contributed by atoms with van der Waals surface area (Å²) >= 11 is 3.30. The molecule has 8 heteroatoms. The van der Waals surface area contributed by atoms with E-state index in [1.807, 2.05) is 6.92 Å². The van der Waals surface area contributed by atoms with Crippen molar-refractivity contribution in [1.82, 2.24) is 10.1 Å². The summed E-state index contributed by atoms with van der Waals surface area (Å²) in [5, 5.41) is 3.27. The molecule has 0 radical (unpaired) electrons. The van der Waals surface area contributed by atoms with Crippen LogP contribution in [0.4, 0.5) is 13.2 Å². The Balaban J connectivity index is 2.34. The van der Waals surface area contributed by atoms with Crippen molar-refractivity contribution in [2.24, 2.45) is 5.73 Å². The van der Waals surface area contributed by atoms with Crippen LogP contribution in [0.15, 0.2) is 27.2 Å². The molecule has 0 spiro atoms. The van der Waals surface area contributed by atoms with Gasteiger partial charge in [-0.2, -0.15) is 18.2 Å². The summed E-state index contributed by atoms with van der Waals surface area (Å²) in [5.41, 5.74) is 7.42. The minimum absolute atomic E-state index is 0.211. The zero-order valence-corrected chi connectivity index (χ0v) is 11.3. The fourth-order valence-electron chi connectivity index (χ4n) is 1.50. The lowest BCUT2D eigenvalue weighted by molar-refractivity contribution is -0.159. The van der Waals surface area contributed by atoms with Gasteiger partial charge in [-0.05, 0) is 24.1 Å². The Morgan fingerprint density at radius 1 is 1.37 bits per heavy atom. The SMILES string of the molecule is Cc1ccc(C(N)c2noc(C(F)(F)F)n2)c(Br)c1. The fraction of sp³-hybridized carbons (Fsp3) is 0.273. The lowest BCUT2D eigenvalue weighted by atomic mass is 10.1. The van der Waals surface area contributed by atoms with Crippen molar-refractivity contribution in [2.75, 3.05) is 0 Å². The van der Waals surface area contributed by atoms with Gasteiger partial charge in [0.05, 0.1) is 6.04 Å². The van der Waals surface area contributed by atoms with Crippen LogP contribution in [0.25, 0.3) is 0 Å². The molecule has 2 N–H and O–H groups in total. The molecule has 1 atom stereocenters. The highest BCUT2D eigenvalue weighted by Crippen LogP contribution is 2.30. The first kappa shape index (κ1) is 14.0. The highest BCUT2D eigenvalue weighted by atomic mass is 79.9. The third-order valence-electron chi connectivity index (χ3n) is 2.45. The Morgan fingerprint density at radius 2 is 2.05 bits per heavy atom. The molecule has 0 bridgehead atoms. The zero-order chi connectivity index (χ0) is 14.2. The summed E-state index contributed by atoms with van der Waals surface area (Å²) in [6.07, 6.45) is -4.67. The number of rotatable bonds is 2. The van der Waals surface area contributed by atoms with Crippen LogP contribution in [0.2, 0.25) is 0 Å². The average molecular weight is 336 g/mol. The molecule has 4 nitrogen and oxygen atoms in total. The van der Waals surface area contributed by atoms with Crippen LogP contribution in [0.3, 0.4) is 0 Å². The maximum absolute atomic E-state index is 12.4. The molecule has 1 unspecified atom stereocenters. The third-order valence-corrected chi connectivity index (χ3v) is 3.14. The van der Waals surface area contributed by atoms with Crippen molar-refractivity contribution < 1.29 is 17.7 Å². The van der Waals surface area contributed by atoms with Gasteiger partial charge in [0.2, 0.25) is 0 Å². The number of aromatic nitrogens is 2. The highest BCUT2D eigenvalue weighted by Gasteiger charge is 2.39. The van der Waals surface area contributed by atoms with Crippen molar-refractivity contribution >= 4 is 15.9 Å². The van der Waals surface area contributed by atoms with E-state index >= 15 is 0 Å². The summed E-state index contributed by atoms with van der Waals surface area (Å²) < 4.78 is 41.9. The van der Waals surface area contributed by atoms with E-state index in [9.17, 15) is 13.2 Å². The van der Waals surface area contributed by atoms with Gasteiger partial charge in [-0.1, -0.05) is 33.2 Å². The lowest BCUT2D eigenvalue weighted by Gasteiger charge is -2.10. The quantitative estimate of drug-likeness (QED) is 0.915. The van der Waals surface area contributed by atoms with E-state index in [-0.39, 0.29) is 5.82 Å². The molecule has 19 heavy (non-hydrogen) atoms. The Hall–Kier alpha value is -1.41. The largest absolute Gasteiger partial charge is 0.471 e.